The number of likely N-dealkylation sites (tertiary alicyclic amines) is 1. The van der Waals surface area contributed by atoms with Gasteiger partial charge in [-0.1, -0.05) is 18.6 Å². The van der Waals surface area contributed by atoms with Crippen molar-refractivity contribution in [2.24, 2.45) is 11.3 Å². The number of hydrogen-bond acceptors (Lipinski definition) is 3. The molecule has 130 valence electrons. The van der Waals surface area contributed by atoms with E-state index in [9.17, 15) is 19.1 Å². The molecule has 3 rings (SSSR count). The van der Waals surface area contributed by atoms with E-state index in [2.05, 4.69) is 0 Å². The molecule has 1 saturated heterocycles. The number of carboxylic acid groups (broad SMARTS) is 1. The normalized spacial score (nSPS) is 25.5. The summed E-state index contributed by atoms with van der Waals surface area (Å²) in [6.07, 6.45) is 3.24. The Labute approximate surface area is 140 Å². The van der Waals surface area contributed by atoms with Gasteiger partial charge in [0.1, 0.15) is 0 Å². The third-order valence-electron chi connectivity index (χ3n) is 5.28. The molecule has 1 aromatic rings. The lowest BCUT2D eigenvalue weighted by molar-refractivity contribution is -0.149. The fourth-order valence-electron chi connectivity index (χ4n) is 3.95. The second-order valence-electron chi connectivity index (χ2n) is 6.71. The maximum atomic E-state index is 13.4. The Kier molecular flexibility index (Phi) is 4.73. The van der Waals surface area contributed by atoms with Crippen LogP contribution in [0.2, 0.25) is 0 Å². The van der Waals surface area contributed by atoms with Gasteiger partial charge >= 0.3 is 5.97 Å². The van der Waals surface area contributed by atoms with Crippen LogP contribution in [-0.2, 0) is 9.59 Å². The molecule has 0 spiro atoms. The number of amides is 1. The van der Waals surface area contributed by atoms with Gasteiger partial charge in [0.05, 0.1) is 12.0 Å². The van der Waals surface area contributed by atoms with E-state index in [4.69, 9.17) is 4.74 Å². The molecular weight excluding hydrogens is 313 g/mol. The summed E-state index contributed by atoms with van der Waals surface area (Å²) in [4.78, 5) is 25.6. The van der Waals surface area contributed by atoms with Crippen molar-refractivity contribution in [3.05, 3.63) is 30.1 Å². The summed E-state index contributed by atoms with van der Waals surface area (Å²) < 4.78 is 18.8. The number of carboxylic acids is 1. The van der Waals surface area contributed by atoms with E-state index in [0.29, 0.717) is 25.9 Å². The predicted octanol–water partition coefficient (Wildman–Crippen LogP) is 2.70. The zero-order valence-corrected chi connectivity index (χ0v) is 13.5. The molecule has 1 aliphatic heterocycles. The number of nitrogens with zero attached hydrogens (tertiary/aromatic N) is 1. The quantitative estimate of drug-likeness (QED) is 0.812. The molecule has 1 aliphatic carbocycles. The van der Waals surface area contributed by atoms with E-state index >= 15 is 0 Å². The number of aliphatic carboxylic acids is 1. The average molecular weight is 335 g/mol. The van der Waals surface area contributed by atoms with Crippen LogP contribution in [0.15, 0.2) is 24.3 Å². The molecular formula is C18H22FNO4. The first-order chi connectivity index (χ1) is 11.5. The first kappa shape index (κ1) is 16.7. The minimum atomic E-state index is -0.775. The Morgan fingerprint density at radius 1 is 1.38 bits per heavy atom. The molecule has 1 amide bonds. The Bertz CT molecular complexity index is 635. The Hall–Kier alpha value is -2.11. The Balaban J connectivity index is 1.47. The fraction of sp³-hybridized carbons (Fsp3) is 0.556. The standard InChI is InChI=1S/C18H22FNO4/c19-14-6-1-2-7-15(14)24-10-4-8-16(21)20-11-13-5-3-9-18(13,12-20)17(22)23/h1-2,6-7,13H,3-5,8-12H2,(H,22,23)/t13-,18+/m0/s1. The lowest BCUT2D eigenvalue weighted by atomic mass is 9.81. The van der Waals surface area contributed by atoms with Gasteiger partial charge in [0, 0.05) is 19.5 Å². The van der Waals surface area contributed by atoms with E-state index < -0.39 is 17.2 Å². The van der Waals surface area contributed by atoms with Crippen LogP contribution in [0.4, 0.5) is 4.39 Å². The van der Waals surface area contributed by atoms with Crippen LogP contribution >= 0.6 is 0 Å². The van der Waals surface area contributed by atoms with Gasteiger partial charge in [0.25, 0.3) is 0 Å². The van der Waals surface area contributed by atoms with E-state index in [1.807, 2.05) is 0 Å². The Morgan fingerprint density at radius 3 is 2.88 bits per heavy atom. The lowest BCUT2D eigenvalue weighted by Gasteiger charge is -2.23. The molecule has 1 N–H and O–H groups in total. The highest BCUT2D eigenvalue weighted by Crippen LogP contribution is 2.48. The summed E-state index contributed by atoms with van der Waals surface area (Å²) >= 11 is 0. The molecule has 2 fully saturated rings. The number of halogens is 1. The van der Waals surface area contributed by atoms with Crippen LogP contribution < -0.4 is 4.74 Å². The number of benzene rings is 1. The van der Waals surface area contributed by atoms with Gasteiger partial charge in [-0.3, -0.25) is 9.59 Å². The van der Waals surface area contributed by atoms with Crippen molar-refractivity contribution in [1.82, 2.24) is 4.90 Å². The summed E-state index contributed by atoms with van der Waals surface area (Å²) in [6.45, 7) is 1.12. The molecule has 24 heavy (non-hydrogen) atoms. The molecule has 2 atom stereocenters. The number of hydrogen-bond donors (Lipinski definition) is 1. The van der Waals surface area contributed by atoms with Gasteiger partial charge in [-0.25, -0.2) is 4.39 Å². The van der Waals surface area contributed by atoms with Crippen molar-refractivity contribution in [2.45, 2.75) is 32.1 Å². The van der Waals surface area contributed by atoms with E-state index in [1.165, 1.54) is 6.07 Å². The van der Waals surface area contributed by atoms with Crippen molar-refractivity contribution < 1.29 is 23.8 Å². The molecule has 1 aromatic carbocycles. The van der Waals surface area contributed by atoms with Crippen molar-refractivity contribution in [3.8, 4) is 5.75 Å². The van der Waals surface area contributed by atoms with Gasteiger partial charge in [0.15, 0.2) is 11.6 Å². The fourth-order valence-corrected chi connectivity index (χ4v) is 3.95. The van der Waals surface area contributed by atoms with Crippen LogP contribution in [0, 0.1) is 17.2 Å². The maximum absolute atomic E-state index is 13.4. The number of carbonyl (C=O) groups excluding carboxylic acids is 1. The number of para-hydroxylation sites is 1. The van der Waals surface area contributed by atoms with Gasteiger partial charge in [-0.15, -0.1) is 0 Å². The van der Waals surface area contributed by atoms with Gasteiger partial charge in [0.2, 0.25) is 5.91 Å². The summed E-state index contributed by atoms with van der Waals surface area (Å²) in [7, 11) is 0. The van der Waals surface area contributed by atoms with Gasteiger partial charge in [-0.2, -0.15) is 0 Å². The van der Waals surface area contributed by atoms with Crippen molar-refractivity contribution in [3.63, 3.8) is 0 Å². The first-order valence-electron chi connectivity index (χ1n) is 8.41. The highest BCUT2D eigenvalue weighted by Gasteiger charge is 2.55. The highest BCUT2D eigenvalue weighted by atomic mass is 19.1. The number of fused-ring (bicyclic) bond motifs is 1. The summed E-state index contributed by atoms with van der Waals surface area (Å²) in [5, 5.41) is 9.55. The molecule has 0 bridgehead atoms. The summed E-state index contributed by atoms with van der Waals surface area (Å²) in [6, 6.07) is 6.16. The van der Waals surface area contributed by atoms with Crippen molar-refractivity contribution in [2.75, 3.05) is 19.7 Å². The zero-order valence-electron chi connectivity index (χ0n) is 13.5. The molecule has 1 heterocycles. The van der Waals surface area contributed by atoms with E-state index in [0.717, 1.165) is 12.8 Å². The second kappa shape index (κ2) is 6.79. The molecule has 6 heteroatoms. The molecule has 0 aromatic heterocycles. The minimum absolute atomic E-state index is 0.0397. The average Bonchev–Trinajstić information content (AvgIpc) is 3.11. The molecule has 5 nitrogen and oxygen atoms in total. The molecule has 0 radical (unpaired) electrons. The van der Waals surface area contributed by atoms with Crippen LogP contribution in [0.5, 0.6) is 5.75 Å². The number of rotatable bonds is 6. The topological polar surface area (TPSA) is 66.8 Å². The third kappa shape index (κ3) is 3.09. The second-order valence-corrected chi connectivity index (χ2v) is 6.71. The zero-order chi connectivity index (χ0) is 17.2. The lowest BCUT2D eigenvalue weighted by Crippen LogP contribution is -2.37. The predicted molar refractivity (Wildman–Crippen MR) is 85.1 cm³/mol. The van der Waals surface area contributed by atoms with Gasteiger partial charge in [-0.05, 0) is 37.3 Å². The third-order valence-corrected chi connectivity index (χ3v) is 5.28. The van der Waals surface area contributed by atoms with Crippen LogP contribution in [0.25, 0.3) is 0 Å². The number of carbonyl (C=O) groups is 2. The van der Waals surface area contributed by atoms with E-state index in [1.54, 1.807) is 23.1 Å². The van der Waals surface area contributed by atoms with Crippen molar-refractivity contribution >= 4 is 11.9 Å². The van der Waals surface area contributed by atoms with E-state index in [-0.39, 0.29) is 30.6 Å². The monoisotopic (exact) mass is 335 g/mol. The molecule has 2 aliphatic rings. The molecule has 1 saturated carbocycles. The van der Waals surface area contributed by atoms with Crippen LogP contribution in [0.1, 0.15) is 32.1 Å². The van der Waals surface area contributed by atoms with Crippen LogP contribution in [-0.4, -0.2) is 41.6 Å². The molecule has 0 unspecified atom stereocenters. The smallest absolute Gasteiger partial charge is 0.311 e. The largest absolute Gasteiger partial charge is 0.491 e. The highest BCUT2D eigenvalue weighted by molar-refractivity contribution is 5.81. The van der Waals surface area contributed by atoms with Crippen molar-refractivity contribution in [1.29, 1.82) is 0 Å². The number of ether oxygens (including phenoxy) is 1. The Morgan fingerprint density at radius 2 is 2.17 bits per heavy atom. The van der Waals surface area contributed by atoms with Crippen LogP contribution in [0.3, 0.4) is 0 Å². The van der Waals surface area contributed by atoms with Gasteiger partial charge < -0.3 is 14.7 Å². The summed E-state index contributed by atoms with van der Waals surface area (Å²) in [5.41, 5.74) is -0.737. The minimum Gasteiger partial charge on any atom is -0.491 e. The SMILES string of the molecule is O=C(CCCOc1ccccc1F)N1C[C@@H]2CCC[C@@]2(C(=O)O)C1. The first-order valence-corrected chi connectivity index (χ1v) is 8.41. The summed E-state index contributed by atoms with van der Waals surface area (Å²) in [5.74, 6) is -0.968. The maximum Gasteiger partial charge on any atom is 0.311 e.